The number of nitrogens with one attached hydrogen (secondary N) is 1. The number of carbonyl (C=O) groups excluding carboxylic acids is 2. The van der Waals surface area contributed by atoms with Gasteiger partial charge in [-0.15, -0.1) is 0 Å². The maximum absolute atomic E-state index is 14.5. The van der Waals surface area contributed by atoms with Gasteiger partial charge in [-0.25, -0.2) is 8.42 Å². The second kappa shape index (κ2) is 14.4. The van der Waals surface area contributed by atoms with E-state index in [1.165, 1.54) is 17.0 Å². The minimum atomic E-state index is -4.12. The van der Waals surface area contributed by atoms with Crippen molar-refractivity contribution >= 4 is 50.1 Å². The zero-order valence-electron chi connectivity index (χ0n) is 25.4. The zero-order valence-corrected chi connectivity index (χ0v) is 28.4. The van der Waals surface area contributed by atoms with E-state index >= 15 is 0 Å². The van der Waals surface area contributed by atoms with Crippen molar-refractivity contribution in [3.63, 3.8) is 0 Å². The van der Waals surface area contributed by atoms with Crippen LogP contribution in [0.25, 0.3) is 0 Å². The van der Waals surface area contributed by atoms with Crippen molar-refractivity contribution in [2.24, 2.45) is 0 Å². The molecule has 0 fully saturated rings. The van der Waals surface area contributed by atoms with E-state index < -0.39 is 34.1 Å². The van der Waals surface area contributed by atoms with Crippen LogP contribution in [0, 0.1) is 10.5 Å². The quantitative estimate of drug-likeness (QED) is 0.183. The first-order valence-corrected chi connectivity index (χ1v) is 16.9. The predicted molar refractivity (Wildman–Crippen MR) is 184 cm³/mol. The van der Waals surface area contributed by atoms with Crippen molar-refractivity contribution in [2.45, 2.75) is 57.1 Å². The molecule has 44 heavy (non-hydrogen) atoms. The Kier molecular flexibility index (Phi) is 10.9. The molecule has 1 atom stereocenters. The number of hydrogen-bond acceptors (Lipinski definition) is 4. The minimum absolute atomic E-state index is 0.0720. The maximum Gasteiger partial charge on any atom is 0.264 e. The van der Waals surface area contributed by atoms with Crippen LogP contribution < -0.4 is 9.62 Å². The van der Waals surface area contributed by atoms with Crippen molar-refractivity contribution in [1.29, 1.82) is 0 Å². The molecule has 0 bridgehead atoms. The van der Waals surface area contributed by atoms with E-state index in [9.17, 15) is 18.0 Å². The largest absolute Gasteiger partial charge is 0.350 e. The summed E-state index contributed by atoms with van der Waals surface area (Å²) in [6.45, 7) is 7.29. The summed E-state index contributed by atoms with van der Waals surface area (Å²) in [4.78, 5) is 30.0. The lowest BCUT2D eigenvalue weighted by Crippen LogP contribution is -2.56. The van der Waals surface area contributed by atoms with Gasteiger partial charge in [-0.2, -0.15) is 0 Å². The van der Waals surface area contributed by atoms with Crippen LogP contribution >= 0.6 is 22.6 Å². The first-order valence-electron chi connectivity index (χ1n) is 14.4. The molecule has 0 saturated carbocycles. The highest BCUT2D eigenvalue weighted by atomic mass is 127. The Morgan fingerprint density at radius 1 is 0.795 bits per heavy atom. The monoisotopic (exact) mass is 723 g/mol. The molecule has 2 amide bonds. The van der Waals surface area contributed by atoms with Gasteiger partial charge in [-0.1, -0.05) is 78.4 Å². The second-order valence-corrected chi connectivity index (χ2v) is 14.9. The summed E-state index contributed by atoms with van der Waals surface area (Å²) in [6, 6.07) is 31.4. The number of nitrogens with zero attached hydrogens (tertiary/aromatic N) is 2. The van der Waals surface area contributed by atoms with E-state index in [0.29, 0.717) is 5.69 Å². The summed E-state index contributed by atoms with van der Waals surface area (Å²) < 4.78 is 30.1. The molecular formula is C35H38IN3O4S. The van der Waals surface area contributed by atoms with Crippen molar-refractivity contribution < 1.29 is 18.0 Å². The zero-order chi connectivity index (χ0) is 31.9. The minimum Gasteiger partial charge on any atom is -0.350 e. The van der Waals surface area contributed by atoms with Gasteiger partial charge in [0.1, 0.15) is 12.6 Å². The van der Waals surface area contributed by atoms with Gasteiger partial charge in [0.05, 0.1) is 10.6 Å². The molecule has 9 heteroatoms. The highest BCUT2D eigenvalue weighted by Gasteiger charge is 2.35. The summed E-state index contributed by atoms with van der Waals surface area (Å²) >= 11 is 2.15. The SMILES string of the molecule is Cc1ccc(CN(C(=O)CN(c2ccc(I)cc2)S(=O)(=O)c2ccccc2)[C@@H](Cc2ccccc2)C(=O)NC(C)(C)C)cc1. The van der Waals surface area contributed by atoms with Crippen LogP contribution in [0.4, 0.5) is 5.69 Å². The first-order chi connectivity index (χ1) is 20.8. The van der Waals surface area contributed by atoms with Crippen LogP contribution in [0.3, 0.4) is 0 Å². The second-order valence-electron chi connectivity index (χ2n) is 11.8. The average molecular weight is 724 g/mol. The van der Waals surface area contributed by atoms with Gasteiger partial charge in [-0.05, 0) is 97.8 Å². The smallest absolute Gasteiger partial charge is 0.264 e. The van der Waals surface area contributed by atoms with Crippen molar-refractivity contribution in [1.82, 2.24) is 10.2 Å². The van der Waals surface area contributed by atoms with E-state index in [1.807, 2.05) is 82.3 Å². The number of halogens is 1. The van der Waals surface area contributed by atoms with Crippen LogP contribution in [-0.2, 0) is 32.6 Å². The summed E-state index contributed by atoms with van der Waals surface area (Å²) in [7, 11) is -4.12. The fourth-order valence-electron chi connectivity index (χ4n) is 4.75. The molecule has 0 aliphatic rings. The van der Waals surface area contributed by atoms with Crippen molar-refractivity contribution in [3.05, 3.63) is 129 Å². The number of carbonyl (C=O) groups is 2. The third-order valence-corrected chi connectivity index (χ3v) is 9.47. The third-order valence-electron chi connectivity index (χ3n) is 6.97. The van der Waals surface area contributed by atoms with Crippen LogP contribution in [0.5, 0.6) is 0 Å². The summed E-state index contributed by atoms with van der Waals surface area (Å²) in [6.07, 6.45) is 0.259. The van der Waals surface area contributed by atoms with Crippen LogP contribution in [0.2, 0.25) is 0 Å². The van der Waals surface area contributed by atoms with Crippen LogP contribution in [0.15, 0.2) is 114 Å². The molecule has 0 aromatic heterocycles. The number of sulfonamides is 1. The Balaban J connectivity index is 1.80. The molecule has 0 unspecified atom stereocenters. The molecule has 0 spiro atoms. The number of rotatable bonds is 11. The number of aryl methyl sites for hydroxylation is 1. The van der Waals surface area contributed by atoms with Crippen molar-refractivity contribution in [3.8, 4) is 0 Å². The lowest BCUT2D eigenvalue weighted by atomic mass is 10.0. The Morgan fingerprint density at radius 3 is 1.93 bits per heavy atom. The Morgan fingerprint density at radius 2 is 1.36 bits per heavy atom. The standard InChI is InChI=1S/C35H38IN3O4S/c1-26-15-17-28(18-16-26)24-38(32(34(41)37-35(2,3)4)23-27-11-7-5-8-12-27)33(40)25-39(30-21-19-29(36)20-22-30)44(42,43)31-13-9-6-10-14-31/h5-22,32H,23-25H2,1-4H3,(H,37,41)/t32-/m0/s1. The van der Waals surface area contributed by atoms with Crippen LogP contribution in [0.1, 0.15) is 37.5 Å². The lowest BCUT2D eigenvalue weighted by molar-refractivity contribution is -0.140. The van der Waals surface area contributed by atoms with E-state index in [-0.39, 0.29) is 23.8 Å². The summed E-state index contributed by atoms with van der Waals surface area (Å²) in [5.74, 6) is -0.804. The van der Waals surface area contributed by atoms with Gasteiger partial charge in [0.25, 0.3) is 10.0 Å². The number of amides is 2. The molecule has 0 aliphatic heterocycles. The fraction of sp³-hybridized carbons (Fsp3) is 0.257. The molecule has 0 aliphatic carbocycles. The highest BCUT2D eigenvalue weighted by Crippen LogP contribution is 2.26. The Hall–Kier alpha value is -3.70. The molecule has 4 rings (SSSR count). The Bertz CT molecular complexity index is 1660. The van der Waals surface area contributed by atoms with Gasteiger partial charge >= 0.3 is 0 Å². The van der Waals surface area contributed by atoms with Crippen molar-refractivity contribution in [2.75, 3.05) is 10.8 Å². The van der Waals surface area contributed by atoms with Gasteiger partial charge in [0.2, 0.25) is 11.8 Å². The number of hydrogen-bond donors (Lipinski definition) is 1. The van der Waals surface area contributed by atoms with E-state index in [4.69, 9.17) is 0 Å². The predicted octanol–water partition coefficient (Wildman–Crippen LogP) is 6.35. The number of benzene rings is 4. The number of anilines is 1. The van der Waals surface area contributed by atoms with Gasteiger partial charge in [-0.3, -0.25) is 13.9 Å². The molecule has 0 saturated heterocycles. The molecule has 7 nitrogen and oxygen atoms in total. The molecule has 1 N–H and O–H groups in total. The van der Waals surface area contributed by atoms with E-state index in [0.717, 1.165) is 24.6 Å². The van der Waals surface area contributed by atoms with E-state index in [1.54, 1.807) is 42.5 Å². The van der Waals surface area contributed by atoms with E-state index in [2.05, 4.69) is 27.9 Å². The molecule has 0 radical (unpaired) electrons. The summed E-state index contributed by atoms with van der Waals surface area (Å²) in [5.41, 5.74) is 2.59. The fourth-order valence-corrected chi connectivity index (χ4v) is 6.55. The van der Waals surface area contributed by atoms with Gasteiger partial charge < -0.3 is 10.2 Å². The van der Waals surface area contributed by atoms with Crippen LogP contribution in [-0.4, -0.2) is 43.3 Å². The summed E-state index contributed by atoms with van der Waals surface area (Å²) in [5, 5.41) is 3.05. The third kappa shape index (κ3) is 8.92. The first kappa shape index (κ1) is 33.2. The lowest BCUT2D eigenvalue weighted by Gasteiger charge is -2.35. The van der Waals surface area contributed by atoms with Gasteiger partial charge in [0, 0.05) is 22.1 Å². The molecule has 230 valence electrons. The highest BCUT2D eigenvalue weighted by molar-refractivity contribution is 14.1. The molecule has 4 aromatic rings. The normalized spacial score (nSPS) is 12.3. The maximum atomic E-state index is 14.5. The molecular weight excluding hydrogens is 685 g/mol. The average Bonchev–Trinajstić information content (AvgIpc) is 2.99. The van der Waals surface area contributed by atoms with Gasteiger partial charge in [0.15, 0.2) is 0 Å². The molecule has 4 aromatic carbocycles. The Labute approximate surface area is 274 Å². The molecule has 0 heterocycles. The topological polar surface area (TPSA) is 86.8 Å².